The standard InChI is InChI=1S/C14H18FN3S/c1-10-8-14(16-9-12-6-7-13(15)19-12)18(17-10)11-4-2-3-5-11/h6-8,11,16H,2-5,9H2,1H3. The van der Waals surface area contributed by atoms with Crippen LogP contribution in [0.2, 0.25) is 0 Å². The number of nitrogens with one attached hydrogen (secondary N) is 1. The second-order valence-corrected chi connectivity index (χ2v) is 6.23. The molecular formula is C14H18FN3S. The first-order chi connectivity index (χ1) is 9.22. The zero-order chi connectivity index (χ0) is 13.2. The number of nitrogens with zero attached hydrogens (tertiary/aromatic N) is 2. The van der Waals surface area contributed by atoms with Gasteiger partial charge in [-0.1, -0.05) is 12.8 Å². The average Bonchev–Trinajstić information content (AvgIpc) is 3.07. The van der Waals surface area contributed by atoms with Gasteiger partial charge in [-0.2, -0.15) is 9.49 Å². The minimum Gasteiger partial charge on any atom is -0.365 e. The number of rotatable bonds is 4. The lowest BCUT2D eigenvalue weighted by atomic mass is 10.2. The molecule has 0 aromatic carbocycles. The van der Waals surface area contributed by atoms with Gasteiger partial charge in [0.1, 0.15) is 5.82 Å². The lowest BCUT2D eigenvalue weighted by Crippen LogP contribution is -2.11. The van der Waals surface area contributed by atoms with Gasteiger partial charge in [0.05, 0.1) is 18.3 Å². The van der Waals surface area contributed by atoms with Crippen molar-refractivity contribution in [3.05, 3.63) is 33.9 Å². The Labute approximate surface area is 116 Å². The highest BCUT2D eigenvalue weighted by molar-refractivity contribution is 7.10. The van der Waals surface area contributed by atoms with Gasteiger partial charge in [-0.3, -0.25) is 0 Å². The quantitative estimate of drug-likeness (QED) is 0.912. The molecule has 3 nitrogen and oxygen atoms in total. The lowest BCUT2D eigenvalue weighted by Gasteiger charge is -2.14. The van der Waals surface area contributed by atoms with Crippen LogP contribution >= 0.6 is 11.3 Å². The third-order valence-electron chi connectivity index (χ3n) is 3.60. The highest BCUT2D eigenvalue weighted by atomic mass is 32.1. The Morgan fingerprint density at radius 1 is 1.42 bits per heavy atom. The van der Waals surface area contributed by atoms with Crippen LogP contribution in [0.4, 0.5) is 10.2 Å². The van der Waals surface area contributed by atoms with Gasteiger partial charge < -0.3 is 5.32 Å². The Hall–Kier alpha value is -1.36. The molecule has 2 heterocycles. The van der Waals surface area contributed by atoms with Crippen LogP contribution in [0.25, 0.3) is 0 Å². The van der Waals surface area contributed by atoms with Crippen molar-refractivity contribution in [1.82, 2.24) is 9.78 Å². The van der Waals surface area contributed by atoms with E-state index in [-0.39, 0.29) is 5.13 Å². The zero-order valence-corrected chi connectivity index (χ0v) is 11.8. The summed E-state index contributed by atoms with van der Waals surface area (Å²) in [6, 6.07) is 5.94. The molecule has 0 saturated heterocycles. The Kier molecular flexibility index (Phi) is 3.55. The van der Waals surface area contributed by atoms with Crippen LogP contribution in [0.15, 0.2) is 18.2 Å². The van der Waals surface area contributed by atoms with Gasteiger partial charge in [0, 0.05) is 10.9 Å². The summed E-state index contributed by atoms with van der Waals surface area (Å²) in [5.74, 6) is 1.05. The van der Waals surface area contributed by atoms with E-state index in [0.29, 0.717) is 12.6 Å². The monoisotopic (exact) mass is 279 g/mol. The van der Waals surface area contributed by atoms with E-state index in [0.717, 1.165) is 16.4 Å². The number of anilines is 1. The highest BCUT2D eigenvalue weighted by Crippen LogP contribution is 2.32. The Balaban J connectivity index is 1.73. The molecule has 0 unspecified atom stereocenters. The Bertz CT molecular complexity index is 555. The van der Waals surface area contributed by atoms with Crippen LogP contribution in [0, 0.1) is 12.1 Å². The first-order valence-electron chi connectivity index (χ1n) is 6.76. The molecule has 19 heavy (non-hydrogen) atoms. The van der Waals surface area contributed by atoms with Crippen molar-refractivity contribution < 1.29 is 4.39 Å². The summed E-state index contributed by atoms with van der Waals surface area (Å²) in [4.78, 5) is 1.01. The summed E-state index contributed by atoms with van der Waals surface area (Å²) in [6.07, 6.45) is 5.01. The van der Waals surface area contributed by atoms with Crippen LogP contribution in [0.3, 0.4) is 0 Å². The van der Waals surface area contributed by atoms with Gasteiger partial charge in [-0.15, -0.1) is 11.3 Å². The molecule has 102 valence electrons. The van der Waals surface area contributed by atoms with Crippen molar-refractivity contribution in [1.29, 1.82) is 0 Å². The second-order valence-electron chi connectivity index (χ2n) is 5.11. The van der Waals surface area contributed by atoms with E-state index in [9.17, 15) is 4.39 Å². The van der Waals surface area contributed by atoms with Gasteiger partial charge in [0.2, 0.25) is 0 Å². The molecule has 3 rings (SSSR count). The number of aryl methyl sites for hydroxylation is 1. The number of aromatic nitrogens is 2. The van der Waals surface area contributed by atoms with E-state index in [4.69, 9.17) is 0 Å². The van der Waals surface area contributed by atoms with E-state index in [1.54, 1.807) is 0 Å². The predicted molar refractivity (Wildman–Crippen MR) is 76.1 cm³/mol. The molecule has 0 atom stereocenters. The van der Waals surface area contributed by atoms with Crippen molar-refractivity contribution in [2.24, 2.45) is 0 Å². The van der Waals surface area contributed by atoms with Crippen molar-refractivity contribution >= 4 is 17.2 Å². The molecule has 1 aliphatic rings. The SMILES string of the molecule is Cc1cc(NCc2ccc(F)s2)n(C2CCCC2)n1. The lowest BCUT2D eigenvalue weighted by molar-refractivity contribution is 0.469. The number of hydrogen-bond donors (Lipinski definition) is 1. The molecule has 2 aromatic rings. The summed E-state index contributed by atoms with van der Waals surface area (Å²) < 4.78 is 15.1. The summed E-state index contributed by atoms with van der Waals surface area (Å²) in [7, 11) is 0. The molecule has 0 amide bonds. The molecule has 0 spiro atoms. The topological polar surface area (TPSA) is 29.9 Å². The van der Waals surface area contributed by atoms with Crippen LogP contribution < -0.4 is 5.32 Å². The van der Waals surface area contributed by atoms with Gasteiger partial charge in [-0.05, 0) is 31.9 Å². The van der Waals surface area contributed by atoms with Gasteiger partial charge in [0.25, 0.3) is 0 Å². The molecule has 0 bridgehead atoms. The molecule has 1 N–H and O–H groups in total. The first kappa shape index (κ1) is 12.7. The maximum absolute atomic E-state index is 13.0. The molecular weight excluding hydrogens is 261 g/mol. The number of thiophene rings is 1. The minimum absolute atomic E-state index is 0.128. The molecule has 5 heteroatoms. The molecule has 1 fully saturated rings. The number of halogens is 1. The van der Waals surface area contributed by atoms with Crippen LogP contribution in [0.1, 0.15) is 42.3 Å². The third-order valence-corrected chi connectivity index (χ3v) is 4.47. The summed E-state index contributed by atoms with van der Waals surface area (Å²) in [5, 5.41) is 7.85. The molecule has 1 saturated carbocycles. The number of hydrogen-bond acceptors (Lipinski definition) is 3. The van der Waals surface area contributed by atoms with Crippen LogP contribution in [-0.2, 0) is 6.54 Å². The molecule has 1 aliphatic carbocycles. The Morgan fingerprint density at radius 2 is 2.21 bits per heavy atom. The third kappa shape index (κ3) is 2.81. The van der Waals surface area contributed by atoms with Gasteiger partial charge in [-0.25, -0.2) is 4.68 Å². The first-order valence-corrected chi connectivity index (χ1v) is 7.58. The average molecular weight is 279 g/mol. The fraction of sp³-hybridized carbons (Fsp3) is 0.500. The maximum atomic E-state index is 13.0. The highest BCUT2D eigenvalue weighted by Gasteiger charge is 2.20. The largest absolute Gasteiger partial charge is 0.365 e. The van der Waals surface area contributed by atoms with Crippen molar-refractivity contribution in [3.8, 4) is 0 Å². The van der Waals surface area contributed by atoms with E-state index in [2.05, 4.69) is 21.2 Å². The van der Waals surface area contributed by atoms with Crippen molar-refractivity contribution in [2.45, 2.75) is 45.2 Å². The molecule has 0 radical (unpaired) electrons. The normalized spacial score (nSPS) is 16.1. The summed E-state index contributed by atoms with van der Waals surface area (Å²) in [5.41, 5.74) is 1.03. The van der Waals surface area contributed by atoms with Crippen LogP contribution in [-0.4, -0.2) is 9.78 Å². The predicted octanol–water partition coefficient (Wildman–Crippen LogP) is 4.12. The van der Waals surface area contributed by atoms with E-state index in [1.807, 2.05) is 13.0 Å². The van der Waals surface area contributed by atoms with E-state index in [1.165, 1.54) is 43.1 Å². The second kappa shape index (κ2) is 5.33. The van der Waals surface area contributed by atoms with Crippen molar-refractivity contribution in [2.75, 3.05) is 5.32 Å². The van der Waals surface area contributed by atoms with Crippen LogP contribution in [0.5, 0.6) is 0 Å². The van der Waals surface area contributed by atoms with Gasteiger partial charge >= 0.3 is 0 Å². The zero-order valence-electron chi connectivity index (χ0n) is 11.0. The smallest absolute Gasteiger partial charge is 0.176 e. The van der Waals surface area contributed by atoms with Gasteiger partial charge in [0.15, 0.2) is 5.13 Å². The maximum Gasteiger partial charge on any atom is 0.176 e. The summed E-state index contributed by atoms with van der Waals surface area (Å²) in [6.45, 7) is 2.67. The minimum atomic E-state index is -0.128. The fourth-order valence-corrected chi connectivity index (χ4v) is 3.37. The fourth-order valence-electron chi connectivity index (χ4n) is 2.70. The molecule has 0 aliphatic heterocycles. The van der Waals surface area contributed by atoms with Crippen molar-refractivity contribution in [3.63, 3.8) is 0 Å². The van der Waals surface area contributed by atoms with E-state index >= 15 is 0 Å². The van der Waals surface area contributed by atoms with E-state index < -0.39 is 0 Å². The molecule has 2 aromatic heterocycles. The summed E-state index contributed by atoms with van der Waals surface area (Å²) >= 11 is 1.19. The Morgan fingerprint density at radius 3 is 2.89 bits per heavy atom.